The predicted octanol–water partition coefficient (Wildman–Crippen LogP) is 5.59. The lowest BCUT2D eigenvalue weighted by Gasteiger charge is -2.24. The molecule has 2 aromatic rings. The Morgan fingerprint density at radius 1 is 1.17 bits per heavy atom. The van der Waals surface area contributed by atoms with Crippen LogP contribution in [0.5, 0.6) is 11.5 Å². The van der Waals surface area contributed by atoms with E-state index in [1.165, 1.54) is 32.1 Å². The number of nitrogens with one attached hydrogen (secondary N) is 1. The van der Waals surface area contributed by atoms with Crippen molar-refractivity contribution in [2.24, 2.45) is 5.92 Å². The maximum Gasteiger partial charge on any atom is 0.253 e. The van der Waals surface area contributed by atoms with Crippen LogP contribution in [0.25, 0.3) is 11.3 Å². The minimum atomic E-state index is -0.00708. The van der Waals surface area contributed by atoms with Crippen LogP contribution >= 0.6 is 0 Å². The monoisotopic (exact) mass is 412 g/mol. The van der Waals surface area contributed by atoms with E-state index in [2.05, 4.69) is 23.7 Å². The molecule has 0 spiro atoms. The Balaban J connectivity index is 2.08. The molecule has 1 aromatic heterocycles. The van der Waals surface area contributed by atoms with Crippen LogP contribution < -0.4 is 14.8 Å². The molecule has 164 valence electrons. The second-order valence-corrected chi connectivity index (χ2v) is 8.49. The Hall–Kier alpha value is -2.43. The van der Waals surface area contributed by atoms with Gasteiger partial charge in [-0.25, -0.2) is 0 Å². The summed E-state index contributed by atoms with van der Waals surface area (Å²) >= 11 is 0. The van der Waals surface area contributed by atoms with Crippen molar-refractivity contribution in [2.45, 2.75) is 71.9 Å². The highest BCUT2D eigenvalue weighted by molar-refractivity contribution is 5.97. The van der Waals surface area contributed by atoms with Crippen molar-refractivity contribution in [3.05, 3.63) is 35.5 Å². The number of carbonyl (C=O) groups is 1. The van der Waals surface area contributed by atoms with Crippen molar-refractivity contribution in [1.82, 2.24) is 9.88 Å². The Kier molecular flexibility index (Phi) is 7.46. The van der Waals surface area contributed by atoms with E-state index < -0.39 is 0 Å². The van der Waals surface area contributed by atoms with Gasteiger partial charge in [0.1, 0.15) is 11.5 Å². The first-order valence-corrected chi connectivity index (χ1v) is 11.2. The number of rotatable bonds is 8. The number of methoxy groups -OCH3 is 2. The first-order chi connectivity index (χ1) is 14.5. The summed E-state index contributed by atoms with van der Waals surface area (Å²) in [6.45, 7) is 7.11. The third-order valence-electron chi connectivity index (χ3n) is 6.45. The maximum atomic E-state index is 13.0. The predicted molar refractivity (Wildman–Crippen MR) is 122 cm³/mol. The molecular formula is C25H36N2O3. The topological polar surface area (TPSA) is 52.5 Å². The van der Waals surface area contributed by atoms with E-state index in [1.807, 2.05) is 31.2 Å². The van der Waals surface area contributed by atoms with Gasteiger partial charge < -0.3 is 19.4 Å². The lowest BCUT2D eigenvalue weighted by Crippen LogP contribution is -2.32. The van der Waals surface area contributed by atoms with Gasteiger partial charge in [-0.15, -0.1) is 0 Å². The molecule has 1 atom stereocenters. The molecule has 1 fully saturated rings. The van der Waals surface area contributed by atoms with Crippen molar-refractivity contribution in [2.75, 3.05) is 14.2 Å². The molecule has 1 aliphatic carbocycles. The molecule has 1 aliphatic rings. The van der Waals surface area contributed by atoms with Crippen LogP contribution in [0.1, 0.15) is 68.4 Å². The van der Waals surface area contributed by atoms with Gasteiger partial charge in [0.05, 0.1) is 25.5 Å². The molecule has 1 N–H and O–H groups in total. The average molecular weight is 413 g/mol. The summed E-state index contributed by atoms with van der Waals surface area (Å²) in [5, 5.41) is 3.13. The number of benzene rings is 1. The van der Waals surface area contributed by atoms with Crippen LogP contribution in [0.3, 0.4) is 0 Å². The Morgan fingerprint density at radius 3 is 2.53 bits per heavy atom. The van der Waals surface area contributed by atoms with Gasteiger partial charge in [0.2, 0.25) is 0 Å². The smallest absolute Gasteiger partial charge is 0.253 e. The number of hydrogen-bond donors (Lipinski definition) is 1. The second kappa shape index (κ2) is 10.1. The molecule has 1 aromatic carbocycles. The van der Waals surface area contributed by atoms with Gasteiger partial charge >= 0.3 is 0 Å². The largest absolute Gasteiger partial charge is 0.497 e. The zero-order valence-electron chi connectivity index (χ0n) is 19.1. The lowest BCUT2D eigenvalue weighted by atomic mass is 9.89. The fraction of sp³-hybridized carbons (Fsp3) is 0.560. The zero-order valence-corrected chi connectivity index (χ0v) is 19.1. The Labute approximate surface area is 180 Å². The maximum absolute atomic E-state index is 13.0. The molecular weight excluding hydrogens is 376 g/mol. The SMILES string of the molecule is CCC(C)NC(=O)c1cc(-c2cc(OC)ccc2OC)n(CC2CCCCC2)c1C. The first kappa shape index (κ1) is 22.3. The fourth-order valence-corrected chi connectivity index (χ4v) is 4.38. The van der Waals surface area contributed by atoms with Crippen molar-refractivity contribution in [1.29, 1.82) is 0 Å². The molecule has 1 saturated carbocycles. The third-order valence-corrected chi connectivity index (χ3v) is 6.45. The van der Waals surface area contributed by atoms with Crippen LogP contribution in [0, 0.1) is 12.8 Å². The highest BCUT2D eigenvalue weighted by Gasteiger charge is 2.24. The number of ether oxygens (including phenoxy) is 2. The van der Waals surface area contributed by atoms with Gasteiger partial charge in [0.25, 0.3) is 5.91 Å². The van der Waals surface area contributed by atoms with Gasteiger partial charge in [0, 0.05) is 23.8 Å². The summed E-state index contributed by atoms with van der Waals surface area (Å²) in [6.07, 6.45) is 7.33. The Bertz CT molecular complexity index is 866. The third kappa shape index (κ3) is 4.82. The number of hydrogen-bond acceptors (Lipinski definition) is 3. The summed E-state index contributed by atoms with van der Waals surface area (Å²) in [5.74, 6) is 2.20. The summed E-state index contributed by atoms with van der Waals surface area (Å²) in [4.78, 5) is 13.0. The van der Waals surface area contributed by atoms with E-state index in [4.69, 9.17) is 9.47 Å². The first-order valence-electron chi connectivity index (χ1n) is 11.2. The van der Waals surface area contributed by atoms with Gasteiger partial charge in [-0.3, -0.25) is 4.79 Å². The van der Waals surface area contributed by atoms with Crippen molar-refractivity contribution >= 4 is 5.91 Å². The van der Waals surface area contributed by atoms with E-state index in [-0.39, 0.29) is 11.9 Å². The van der Waals surface area contributed by atoms with Gasteiger partial charge in [0.15, 0.2) is 0 Å². The van der Waals surface area contributed by atoms with Gasteiger partial charge in [-0.2, -0.15) is 0 Å². The van der Waals surface area contributed by atoms with Crippen LogP contribution in [-0.4, -0.2) is 30.7 Å². The lowest BCUT2D eigenvalue weighted by molar-refractivity contribution is 0.0938. The van der Waals surface area contributed by atoms with Gasteiger partial charge in [-0.1, -0.05) is 26.2 Å². The standard InChI is InChI=1S/C25H36N2O3/c1-6-17(2)26-25(28)21-15-23(22-14-20(29-4)12-13-24(22)30-5)27(18(21)3)16-19-10-8-7-9-11-19/h12-15,17,19H,6-11,16H2,1-5H3,(H,26,28). The molecule has 3 rings (SSSR count). The minimum absolute atomic E-state index is 0.00708. The van der Waals surface area contributed by atoms with Crippen molar-refractivity contribution in [3.63, 3.8) is 0 Å². The van der Waals surface area contributed by atoms with E-state index in [0.29, 0.717) is 5.92 Å². The molecule has 0 aliphatic heterocycles. The molecule has 1 unspecified atom stereocenters. The number of amides is 1. The van der Waals surface area contributed by atoms with E-state index in [1.54, 1.807) is 14.2 Å². The van der Waals surface area contributed by atoms with Crippen LogP contribution in [-0.2, 0) is 6.54 Å². The zero-order chi connectivity index (χ0) is 21.7. The Morgan fingerprint density at radius 2 is 1.90 bits per heavy atom. The number of aromatic nitrogens is 1. The number of nitrogens with zero attached hydrogens (tertiary/aromatic N) is 1. The van der Waals surface area contributed by atoms with Crippen LogP contribution in [0.4, 0.5) is 0 Å². The normalized spacial score (nSPS) is 15.6. The van der Waals surface area contributed by atoms with Crippen LogP contribution in [0.2, 0.25) is 0 Å². The molecule has 0 radical (unpaired) electrons. The molecule has 1 amide bonds. The minimum Gasteiger partial charge on any atom is -0.497 e. The summed E-state index contributed by atoms with van der Waals surface area (Å²) in [5.41, 5.74) is 3.73. The fourth-order valence-electron chi connectivity index (χ4n) is 4.38. The van der Waals surface area contributed by atoms with E-state index in [9.17, 15) is 4.79 Å². The molecule has 5 heteroatoms. The highest BCUT2D eigenvalue weighted by Crippen LogP contribution is 2.37. The van der Waals surface area contributed by atoms with E-state index >= 15 is 0 Å². The van der Waals surface area contributed by atoms with Crippen molar-refractivity contribution in [3.8, 4) is 22.8 Å². The molecule has 0 saturated heterocycles. The average Bonchev–Trinajstić information content (AvgIpc) is 3.09. The summed E-state index contributed by atoms with van der Waals surface area (Å²) < 4.78 is 13.5. The van der Waals surface area contributed by atoms with Gasteiger partial charge in [-0.05, 0) is 63.3 Å². The quantitative estimate of drug-likeness (QED) is 0.615. The van der Waals surface area contributed by atoms with Crippen molar-refractivity contribution < 1.29 is 14.3 Å². The van der Waals surface area contributed by atoms with Crippen LogP contribution in [0.15, 0.2) is 24.3 Å². The highest BCUT2D eigenvalue weighted by atomic mass is 16.5. The van der Waals surface area contributed by atoms with E-state index in [0.717, 1.165) is 47.0 Å². The molecule has 30 heavy (non-hydrogen) atoms. The number of carbonyl (C=O) groups excluding carboxylic acids is 1. The second-order valence-electron chi connectivity index (χ2n) is 8.49. The summed E-state index contributed by atoms with van der Waals surface area (Å²) in [6, 6.07) is 8.00. The molecule has 5 nitrogen and oxygen atoms in total. The molecule has 1 heterocycles. The summed E-state index contributed by atoms with van der Waals surface area (Å²) in [7, 11) is 3.35. The molecule has 0 bridgehead atoms.